The lowest BCUT2D eigenvalue weighted by molar-refractivity contribution is -0.122. The number of carbonyl (C=O) groups is 2. The van der Waals surface area contributed by atoms with Gasteiger partial charge >= 0.3 is 6.09 Å². The summed E-state index contributed by atoms with van der Waals surface area (Å²) in [5.74, 6) is 0.687. The van der Waals surface area contributed by atoms with Crippen LogP contribution in [-0.2, 0) is 16.1 Å². The fourth-order valence-corrected chi connectivity index (χ4v) is 2.16. The monoisotopic (exact) mass is 295 g/mol. The first-order chi connectivity index (χ1) is 10.2. The third kappa shape index (κ3) is 4.78. The summed E-state index contributed by atoms with van der Waals surface area (Å²) < 4.78 is 10.1. The van der Waals surface area contributed by atoms with Crippen molar-refractivity contribution in [2.45, 2.75) is 13.5 Å². The molecule has 1 aliphatic rings. The quantitative estimate of drug-likeness (QED) is 0.864. The van der Waals surface area contributed by atoms with Gasteiger partial charge in [0.2, 0.25) is 5.91 Å². The summed E-state index contributed by atoms with van der Waals surface area (Å²) in [5.41, 5.74) is 0. The van der Waals surface area contributed by atoms with Crippen LogP contribution in [0.25, 0.3) is 0 Å². The smallest absolute Gasteiger partial charge is 0.409 e. The third-order valence-corrected chi connectivity index (χ3v) is 3.31. The Kier molecular flexibility index (Phi) is 5.62. The molecule has 2 amide bonds. The van der Waals surface area contributed by atoms with E-state index >= 15 is 0 Å². The van der Waals surface area contributed by atoms with Gasteiger partial charge in [-0.1, -0.05) is 0 Å². The number of nitrogens with zero attached hydrogens (tertiary/aromatic N) is 2. The number of carbonyl (C=O) groups excluding carboxylic acids is 2. The molecule has 2 heterocycles. The Bertz CT molecular complexity index is 453. The number of rotatable bonds is 5. The molecule has 21 heavy (non-hydrogen) atoms. The van der Waals surface area contributed by atoms with Gasteiger partial charge in [-0.2, -0.15) is 0 Å². The van der Waals surface area contributed by atoms with Gasteiger partial charge in [0.1, 0.15) is 5.76 Å². The van der Waals surface area contributed by atoms with E-state index in [9.17, 15) is 9.59 Å². The first kappa shape index (κ1) is 15.4. The second-order valence-corrected chi connectivity index (χ2v) is 4.82. The number of hydrogen-bond acceptors (Lipinski definition) is 5. The zero-order chi connectivity index (χ0) is 15.1. The molecule has 7 nitrogen and oxygen atoms in total. The van der Waals surface area contributed by atoms with Crippen LogP contribution in [0.3, 0.4) is 0 Å². The minimum absolute atomic E-state index is 0.0454. The van der Waals surface area contributed by atoms with Crippen molar-refractivity contribution in [1.82, 2.24) is 15.1 Å². The molecule has 0 saturated carbocycles. The van der Waals surface area contributed by atoms with Gasteiger partial charge in [-0.3, -0.25) is 9.69 Å². The van der Waals surface area contributed by atoms with Crippen LogP contribution >= 0.6 is 0 Å². The maximum Gasteiger partial charge on any atom is 0.409 e. The molecule has 0 radical (unpaired) electrons. The molecule has 1 aromatic heterocycles. The van der Waals surface area contributed by atoms with Crippen molar-refractivity contribution >= 4 is 12.0 Å². The topological polar surface area (TPSA) is 75.0 Å². The standard InChI is InChI=1S/C14H21N3O4/c1-2-20-14(19)17-7-5-16(6-8-17)11-13(18)15-10-12-4-3-9-21-12/h3-4,9H,2,5-8,10-11H2,1H3,(H,15,18). The van der Waals surface area contributed by atoms with Crippen molar-refractivity contribution in [3.05, 3.63) is 24.2 Å². The second kappa shape index (κ2) is 7.68. The minimum Gasteiger partial charge on any atom is -0.467 e. The molecule has 0 aromatic carbocycles. The Hall–Kier alpha value is -2.02. The van der Waals surface area contributed by atoms with Gasteiger partial charge in [0.25, 0.3) is 0 Å². The minimum atomic E-state index is -0.278. The number of ether oxygens (including phenoxy) is 1. The predicted octanol–water partition coefficient (Wildman–Crippen LogP) is 0.670. The number of piperazine rings is 1. The Balaban J connectivity index is 1.66. The lowest BCUT2D eigenvalue weighted by Crippen LogP contribution is -2.51. The van der Waals surface area contributed by atoms with Gasteiger partial charge in [-0.25, -0.2) is 4.79 Å². The van der Waals surface area contributed by atoms with Gasteiger partial charge in [-0.15, -0.1) is 0 Å². The molecule has 0 aliphatic carbocycles. The van der Waals surface area contributed by atoms with E-state index in [0.717, 1.165) is 5.76 Å². The normalized spacial score (nSPS) is 15.8. The summed E-state index contributed by atoms with van der Waals surface area (Å²) in [4.78, 5) is 27.1. The largest absolute Gasteiger partial charge is 0.467 e. The molecule has 116 valence electrons. The zero-order valence-corrected chi connectivity index (χ0v) is 12.2. The highest BCUT2D eigenvalue weighted by Crippen LogP contribution is 2.04. The van der Waals surface area contributed by atoms with E-state index < -0.39 is 0 Å². The van der Waals surface area contributed by atoms with Crippen molar-refractivity contribution in [2.24, 2.45) is 0 Å². The molecule has 1 N–H and O–H groups in total. The maximum absolute atomic E-state index is 11.8. The molecule has 0 atom stereocenters. The van der Waals surface area contributed by atoms with Crippen molar-refractivity contribution in [3.8, 4) is 0 Å². The van der Waals surface area contributed by atoms with Gasteiger partial charge < -0.3 is 19.4 Å². The van der Waals surface area contributed by atoms with E-state index in [0.29, 0.717) is 45.9 Å². The molecule has 0 bridgehead atoms. The Morgan fingerprint density at radius 1 is 1.33 bits per heavy atom. The van der Waals surface area contributed by atoms with Gasteiger partial charge in [0.15, 0.2) is 0 Å². The van der Waals surface area contributed by atoms with Crippen LogP contribution in [0.4, 0.5) is 4.79 Å². The summed E-state index contributed by atoms with van der Waals surface area (Å²) >= 11 is 0. The molecule has 1 fully saturated rings. The van der Waals surface area contributed by atoms with Crippen LogP contribution in [0.5, 0.6) is 0 Å². The van der Waals surface area contributed by atoms with Crippen molar-refractivity contribution in [2.75, 3.05) is 39.3 Å². The van der Waals surface area contributed by atoms with E-state index in [4.69, 9.17) is 9.15 Å². The first-order valence-corrected chi connectivity index (χ1v) is 7.12. The molecular weight excluding hydrogens is 274 g/mol. The number of nitrogens with one attached hydrogen (secondary N) is 1. The van der Waals surface area contributed by atoms with Crippen molar-refractivity contribution in [3.63, 3.8) is 0 Å². The maximum atomic E-state index is 11.8. The Morgan fingerprint density at radius 2 is 2.10 bits per heavy atom. The zero-order valence-electron chi connectivity index (χ0n) is 12.2. The Labute approximate surface area is 123 Å². The third-order valence-electron chi connectivity index (χ3n) is 3.31. The number of amides is 2. The first-order valence-electron chi connectivity index (χ1n) is 7.12. The van der Waals surface area contributed by atoms with Crippen molar-refractivity contribution < 1.29 is 18.7 Å². The highest BCUT2D eigenvalue weighted by Gasteiger charge is 2.22. The summed E-state index contributed by atoms with van der Waals surface area (Å²) in [5, 5.41) is 2.81. The van der Waals surface area contributed by atoms with Crippen LogP contribution in [-0.4, -0.2) is 61.1 Å². The summed E-state index contributed by atoms with van der Waals surface area (Å²) in [6.07, 6.45) is 1.30. The van der Waals surface area contributed by atoms with Gasteiger partial charge in [-0.05, 0) is 19.1 Å². The van der Waals surface area contributed by atoms with E-state index in [2.05, 4.69) is 5.32 Å². The predicted molar refractivity (Wildman–Crippen MR) is 75.6 cm³/mol. The number of furan rings is 1. The fourth-order valence-electron chi connectivity index (χ4n) is 2.16. The average molecular weight is 295 g/mol. The molecule has 2 rings (SSSR count). The fraction of sp³-hybridized carbons (Fsp3) is 0.571. The second-order valence-electron chi connectivity index (χ2n) is 4.82. The van der Waals surface area contributed by atoms with Crippen LogP contribution in [0, 0.1) is 0 Å². The lowest BCUT2D eigenvalue weighted by atomic mass is 10.3. The lowest BCUT2D eigenvalue weighted by Gasteiger charge is -2.33. The molecule has 1 aromatic rings. The van der Waals surface area contributed by atoms with E-state index in [1.807, 2.05) is 11.0 Å². The number of hydrogen-bond donors (Lipinski definition) is 1. The van der Waals surface area contributed by atoms with Gasteiger partial charge in [0, 0.05) is 26.2 Å². The van der Waals surface area contributed by atoms with Crippen LogP contribution in [0.2, 0.25) is 0 Å². The van der Waals surface area contributed by atoms with E-state index in [-0.39, 0.29) is 12.0 Å². The van der Waals surface area contributed by atoms with Crippen LogP contribution < -0.4 is 5.32 Å². The SMILES string of the molecule is CCOC(=O)N1CCN(CC(=O)NCc2ccco2)CC1. The van der Waals surface area contributed by atoms with E-state index in [1.54, 1.807) is 24.2 Å². The summed E-state index contributed by atoms with van der Waals surface area (Å²) in [6, 6.07) is 3.61. The van der Waals surface area contributed by atoms with Gasteiger partial charge in [0.05, 0.1) is 26.0 Å². The molecule has 0 spiro atoms. The van der Waals surface area contributed by atoms with Crippen molar-refractivity contribution in [1.29, 1.82) is 0 Å². The average Bonchev–Trinajstić information content (AvgIpc) is 2.99. The summed E-state index contributed by atoms with van der Waals surface area (Å²) in [6.45, 7) is 5.42. The molecule has 1 saturated heterocycles. The molecular formula is C14H21N3O4. The highest BCUT2D eigenvalue weighted by atomic mass is 16.6. The molecule has 7 heteroatoms. The Morgan fingerprint density at radius 3 is 2.71 bits per heavy atom. The van der Waals surface area contributed by atoms with Crippen LogP contribution in [0.1, 0.15) is 12.7 Å². The highest BCUT2D eigenvalue weighted by molar-refractivity contribution is 5.78. The molecule has 0 unspecified atom stereocenters. The summed E-state index contributed by atoms with van der Waals surface area (Å²) in [7, 11) is 0. The van der Waals surface area contributed by atoms with E-state index in [1.165, 1.54) is 0 Å². The molecule has 1 aliphatic heterocycles. The van der Waals surface area contributed by atoms with Crippen LogP contribution in [0.15, 0.2) is 22.8 Å².